The van der Waals surface area contributed by atoms with Gasteiger partial charge in [-0.2, -0.15) is 13.2 Å². The number of imidazole rings is 1. The molecule has 34 heavy (non-hydrogen) atoms. The number of alkyl halides is 3. The first-order valence-electron chi connectivity index (χ1n) is 10.6. The van der Waals surface area contributed by atoms with Gasteiger partial charge in [0, 0.05) is 17.4 Å². The van der Waals surface area contributed by atoms with Crippen molar-refractivity contribution < 1.29 is 17.6 Å². The summed E-state index contributed by atoms with van der Waals surface area (Å²) in [4.78, 5) is 12.1. The van der Waals surface area contributed by atoms with Crippen molar-refractivity contribution in [3.63, 3.8) is 0 Å². The maximum absolute atomic E-state index is 14.6. The van der Waals surface area contributed by atoms with Crippen molar-refractivity contribution in [3.05, 3.63) is 71.9 Å². The van der Waals surface area contributed by atoms with E-state index < -0.39 is 17.6 Å². The average Bonchev–Trinajstić information content (AvgIpc) is 3.17. The molecule has 0 aliphatic carbocycles. The normalized spacial score (nSPS) is 13.2. The zero-order chi connectivity index (χ0) is 24.7. The Morgan fingerprint density at radius 2 is 1.76 bits per heavy atom. The molecule has 1 atom stereocenters. The summed E-state index contributed by atoms with van der Waals surface area (Å²) in [6.07, 6.45) is -1.04. The highest BCUT2D eigenvalue weighted by Gasteiger charge is 2.34. The molecule has 0 unspecified atom stereocenters. The van der Waals surface area contributed by atoms with Crippen molar-refractivity contribution in [2.24, 2.45) is 0 Å². The molecular formula is C24H24F4N6. The Hall–Kier alpha value is -3.69. The number of aromatic nitrogens is 4. The third-order valence-electron chi connectivity index (χ3n) is 5.08. The van der Waals surface area contributed by atoms with E-state index >= 15 is 0 Å². The fourth-order valence-corrected chi connectivity index (χ4v) is 3.62. The van der Waals surface area contributed by atoms with Crippen molar-refractivity contribution in [2.75, 3.05) is 10.6 Å². The van der Waals surface area contributed by atoms with Crippen LogP contribution in [0.25, 0.3) is 17.0 Å². The molecule has 0 spiro atoms. The molecule has 10 heteroatoms. The van der Waals surface area contributed by atoms with Crippen LogP contribution in [0.2, 0.25) is 0 Å². The van der Waals surface area contributed by atoms with Gasteiger partial charge in [0.2, 0.25) is 5.95 Å². The first-order valence-corrected chi connectivity index (χ1v) is 10.6. The Morgan fingerprint density at radius 3 is 2.47 bits per heavy atom. The van der Waals surface area contributed by atoms with Gasteiger partial charge in [0.15, 0.2) is 5.82 Å². The van der Waals surface area contributed by atoms with Crippen LogP contribution in [-0.2, 0) is 6.18 Å². The molecule has 0 fully saturated rings. The van der Waals surface area contributed by atoms with Crippen molar-refractivity contribution in [1.82, 2.24) is 19.4 Å². The van der Waals surface area contributed by atoms with E-state index in [1.807, 2.05) is 31.2 Å². The van der Waals surface area contributed by atoms with Crippen molar-refractivity contribution in [1.29, 1.82) is 0 Å². The lowest BCUT2D eigenvalue weighted by Crippen LogP contribution is -2.26. The van der Waals surface area contributed by atoms with Gasteiger partial charge in [-0.25, -0.2) is 19.3 Å². The van der Waals surface area contributed by atoms with Crippen LogP contribution in [0, 0.1) is 5.82 Å². The Balaban J connectivity index is 1.65. The number of pyridine rings is 1. The summed E-state index contributed by atoms with van der Waals surface area (Å²) < 4.78 is 55.8. The number of benzene rings is 1. The minimum Gasteiger partial charge on any atom is -0.380 e. The van der Waals surface area contributed by atoms with Crippen molar-refractivity contribution >= 4 is 17.3 Å². The highest BCUT2D eigenvalue weighted by Crippen LogP contribution is 2.34. The van der Waals surface area contributed by atoms with Gasteiger partial charge in [-0.05, 0) is 57.5 Å². The topological polar surface area (TPSA) is 67.1 Å². The molecule has 3 heterocycles. The molecule has 0 saturated carbocycles. The highest BCUT2D eigenvalue weighted by molar-refractivity contribution is 5.64. The lowest BCUT2D eigenvalue weighted by molar-refractivity contribution is -0.136. The van der Waals surface area contributed by atoms with Crippen LogP contribution in [0.3, 0.4) is 0 Å². The number of nitrogens with zero attached hydrogens (tertiary/aromatic N) is 4. The van der Waals surface area contributed by atoms with E-state index in [2.05, 4.69) is 46.4 Å². The van der Waals surface area contributed by atoms with Gasteiger partial charge in [-0.3, -0.25) is 4.40 Å². The van der Waals surface area contributed by atoms with Crippen LogP contribution in [0.1, 0.15) is 44.9 Å². The second kappa shape index (κ2) is 8.58. The van der Waals surface area contributed by atoms with Gasteiger partial charge in [-0.15, -0.1) is 0 Å². The van der Waals surface area contributed by atoms with Gasteiger partial charge in [0.1, 0.15) is 11.3 Å². The molecular weight excluding hydrogens is 448 g/mol. The van der Waals surface area contributed by atoms with Gasteiger partial charge < -0.3 is 10.6 Å². The molecule has 1 aromatic carbocycles. The molecule has 0 bridgehead atoms. The van der Waals surface area contributed by atoms with E-state index in [0.29, 0.717) is 0 Å². The lowest BCUT2D eigenvalue weighted by atomic mass is 10.1. The number of fused-ring (bicyclic) bond motifs is 1. The Morgan fingerprint density at radius 1 is 1.00 bits per heavy atom. The molecule has 0 saturated heterocycles. The summed E-state index contributed by atoms with van der Waals surface area (Å²) in [7, 11) is 0. The molecule has 0 aliphatic rings. The molecule has 178 valence electrons. The van der Waals surface area contributed by atoms with Crippen molar-refractivity contribution in [2.45, 2.75) is 45.5 Å². The quantitative estimate of drug-likeness (QED) is 0.332. The van der Waals surface area contributed by atoms with Gasteiger partial charge >= 0.3 is 6.18 Å². The fraction of sp³-hybridized carbons (Fsp3) is 0.292. The zero-order valence-electron chi connectivity index (χ0n) is 19.1. The van der Waals surface area contributed by atoms with Crippen LogP contribution in [0.5, 0.6) is 0 Å². The molecule has 0 radical (unpaired) electrons. The summed E-state index contributed by atoms with van der Waals surface area (Å²) in [5.41, 5.74) is 0.497. The summed E-state index contributed by atoms with van der Waals surface area (Å²) in [6.45, 7) is 8.10. The largest absolute Gasteiger partial charge is 0.419 e. The maximum Gasteiger partial charge on any atom is 0.419 e. The smallest absolute Gasteiger partial charge is 0.380 e. The van der Waals surface area contributed by atoms with Gasteiger partial charge in [-0.1, -0.05) is 12.1 Å². The van der Waals surface area contributed by atoms with Crippen LogP contribution in [0.15, 0.2) is 55.0 Å². The standard InChI is InChI=1S/C24H24F4N6/c1-14(15-7-5-8-16(11-15)33-23(2,3)4)31-22-30-12-18(25)20(32-22)19-13-29-21-17(24(26,27)28)9-6-10-34(19)21/h5-14,33H,1-4H3,(H,30,31,32)/t14-/m0/s1. The predicted molar refractivity (Wildman–Crippen MR) is 123 cm³/mol. The third kappa shape index (κ3) is 4.95. The van der Waals surface area contributed by atoms with Crippen LogP contribution in [0.4, 0.5) is 29.2 Å². The van der Waals surface area contributed by atoms with Gasteiger partial charge in [0.25, 0.3) is 0 Å². The lowest BCUT2D eigenvalue weighted by Gasteiger charge is -2.23. The van der Waals surface area contributed by atoms with Crippen molar-refractivity contribution in [3.8, 4) is 11.4 Å². The predicted octanol–water partition coefficient (Wildman–Crippen LogP) is 6.33. The van der Waals surface area contributed by atoms with Crippen LogP contribution in [-0.4, -0.2) is 24.9 Å². The summed E-state index contributed by atoms with van der Waals surface area (Å²) in [6, 6.07) is 9.78. The first-order chi connectivity index (χ1) is 15.9. The van der Waals surface area contributed by atoms with E-state index in [0.717, 1.165) is 23.5 Å². The minimum absolute atomic E-state index is 0.0908. The Bertz CT molecular complexity index is 1320. The first kappa shape index (κ1) is 23.5. The Labute approximate surface area is 194 Å². The number of nitrogens with one attached hydrogen (secondary N) is 2. The third-order valence-corrected chi connectivity index (χ3v) is 5.08. The molecule has 3 aromatic heterocycles. The molecule has 4 rings (SSSR count). The van der Waals surface area contributed by atoms with E-state index in [-0.39, 0.29) is 34.6 Å². The minimum atomic E-state index is -4.59. The SMILES string of the molecule is C[C@H](Nc1ncc(F)c(-c2cnc3c(C(F)(F)F)cccn23)n1)c1cccc(NC(C)(C)C)c1. The monoisotopic (exact) mass is 472 g/mol. The van der Waals surface area contributed by atoms with E-state index in [4.69, 9.17) is 0 Å². The number of anilines is 2. The molecule has 2 N–H and O–H groups in total. The maximum atomic E-state index is 14.6. The summed E-state index contributed by atoms with van der Waals surface area (Å²) in [5, 5.41) is 6.54. The highest BCUT2D eigenvalue weighted by atomic mass is 19.4. The number of halogens is 4. The summed E-state index contributed by atoms with van der Waals surface area (Å²) in [5.74, 6) is -0.631. The van der Waals surface area contributed by atoms with Gasteiger partial charge in [0.05, 0.1) is 29.7 Å². The van der Waals surface area contributed by atoms with Crippen LogP contribution >= 0.6 is 0 Å². The zero-order valence-corrected chi connectivity index (χ0v) is 19.1. The number of rotatable bonds is 5. The van der Waals surface area contributed by atoms with E-state index in [9.17, 15) is 17.6 Å². The second-order valence-electron chi connectivity index (χ2n) is 9.01. The fourth-order valence-electron chi connectivity index (χ4n) is 3.62. The Kier molecular flexibility index (Phi) is 5.93. The van der Waals surface area contributed by atoms with Crippen LogP contribution < -0.4 is 10.6 Å². The average molecular weight is 472 g/mol. The molecule has 0 aliphatic heterocycles. The molecule has 6 nitrogen and oxygen atoms in total. The molecule has 4 aromatic rings. The second-order valence-corrected chi connectivity index (χ2v) is 9.01. The van der Waals surface area contributed by atoms with E-state index in [1.165, 1.54) is 22.9 Å². The number of hydrogen-bond acceptors (Lipinski definition) is 5. The summed E-state index contributed by atoms with van der Waals surface area (Å²) >= 11 is 0. The van der Waals surface area contributed by atoms with E-state index in [1.54, 1.807) is 0 Å². The number of hydrogen-bond donors (Lipinski definition) is 2. The molecule has 0 amide bonds.